The second kappa shape index (κ2) is 3.07. The third kappa shape index (κ3) is 1.29. The highest BCUT2D eigenvalue weighted by molar-refractivity contribution is 6.32. The molecule has 0 spiro atoms. The lowest BCUT2D eigenvalue weighted by Gasteiger charge is -1.76. The summed E-state index contributed by atoms with van der Waals surface area (Å²) in [5, 5.41) is 1.62. The van der Waals surface area contributed by atoms with Crippen molar-refractivity contribution < 1.29 is 22.4 Å². The molecule has 5 heteroatoms. The Hall–Kier alpha value is -0.800. The summed E-state index contributed by atoms with van der Waals surface area (Å²) in [4.78, 5) is 8.83. The molecule has 0 atom stereocenters. The number of fused-ring (bicyclic) bond motifs is 1. The molecule has 0 aliphatic rings. The van der Waals surface area contributed by atoms with E-state index in [9.17, 15) is 0 Å². The number of hydrogen-bond donors (Lipinski definition) is 1. The maximum atomic E-state index is 5.80. The first-order valence-corrected chi connectivity index (χ1v) is 3.30. The quantitative estimate of drug-likeness (QED) is 0.446. The van der Waals surface area contributed by atoms with Gasteiger partial charge in [0.05, 0.1) is 0 Å². The summed E-state index contributed by atoms with van der Waals surface area (Å²) >= 11 is 5.80. The summed E-state index contributed by atoms with van der Waals surface area (Å²) in [6, 6.07) is 1.91. The number of H-pyrrole nitrogens is 3. The standard InChI is InChI=1S/C6H4ClN3.ClH/c7-5-4-1-2-8-6(4)10-3-9-5;/h1-3H,(H,8,9,10);1H/p+1. The first-order chi connectivity index (χ1) is 4.88. The van der Waals surface area contributed by atoms with E-state index >= 15 is 0 Å². The number of nitrogens with one attached hydrogen (secondary N) is 3. The zero-order valence-corrected chi connectivity index (χ0v) is 7.00. The lowest BCUT2D eigenvalue weighted by atomic mass is 10.4. The van der Waals surface area contributed by atoms with E-state index in [-0.39, 0.29) is 12.4 Å². The SMILES string of the molecule is Clc1[nH+]c[nH+]c2[nH]ccc12.[Cl-]. The third-order valence-corrected chi connectivity index (χ3v) is 1.71. The molecule has 0 radical (unpaired) electrons. The predicted octanol–water partition coefficient (Wildman–Crippen LogP) is -2.55. The molecule has 11 heavy (non-hydrogen) atoms. The number of aromatic amines is 3. The summed E-state index contributed by atoms with van der Waals surface area (Å²) in [5.41, 5.74) is 0.934. The summed E-state index contributed by atoms with van der Waals surface area (Å²) in [5.74, 6) is 0. The Balaban J connectivity index is 0.000000605. The minimum absolute atomic E-state index is 0. The van der Waals surface area contributed by atoms with Crippen LogP contribution in [0.25, 0.3) is 11.0 Å². The van der Waals surface area contributed by atoms with Crippen molar-refractivity contribution in [3.05, 3.63) is 23.7 Å². The Bertz CT molecular complexity index is 357. The molecule has 2 heterocycles. The third-order valence-electron chi connectivity index (χ3n) is 1.40. The van der Waals surface area contributed by atoms with Crippen LogP contribution in [0.2, 0.25) is 5.15 Å². The number of aromatic nitrogens is 3. The van der Waals surface area contributed by atoms with Crippen LogP contribution >= 0.6 is 11.6 Å². The average molecular weight is 191 g/mol. The molecule has 0 bridgehead atoms. The van der Waals surface area contributed by atoms with Gasteiger partial charge >= 0.3 is 6.33 Å². The molecule has 3 N–H and O–H groups in total. The van der Waals surface area contributed by atoms with Crippen molar-refractivity contribution >= 4 is 22.6 Å². The van der Waals surface area contributed by atoms with Gasteiger partial charge < -0.3 is 17.4 Å². The second-order valence-corrected chi connectivity index (χ2v) is 2.39. The topological polar surface area (TPSA) is 44.1 Å². The van der Waals surface area contributed by atoms with Gasteiger partial charge in [0.1, 0.15) is 0 Å². The van der Waals surface area contributed by atoms with Crippen LogP contribution in [-0.4, -0.2) is 4.98 Å². The lowest BCUT2D eigenvalue weighted by Crippen LogP contribution is -3.00. The van der Waals surface area contributed by atoms with Crippen LogP contribution in [0.1, 0.15) is 0 Å². The molecule has 0 aliphatic carbocycles. The van der Waals surface area contributed by atoms with Gasteiger partial charge in [0.2, 0.25) is 0 Å². The molecule has 0 aromatic carbocycles. The van der Waals surface area contributed by atoms with E-state index in [4.69, 9.17) is 11.6 Å². The van der Waals surface area contributed by atoms with Crippen molar-refractivity contribution in [1.29, 1.82) is 0 Å². The number of rotatable bonds is 0. The molecule has 0 saturated carbocycles. The Morgan fingerprint density at radius 3 is 2.91 bits per heavy atom. The normalized spacial score (nSPS) is 9.55. The van der Waals surface area contributed by atoms with Crippen LogP contribution < -0.4 is 22.4 Å². The van der Waals surface area contributed by atoms with Crippen LogP contribution in [0.5, 0.6) is 0 Å². The molecular formula is C6H6Cl2N3+. The van der Waals surface area contributed by atoms with E-state index in [1.54, 1.807) is 6.33 Å². The van der Waals surface area contributed by atoms with Gasteiger partial charge in [-0.15, -0.1) is 9.97 Å². The Kier molecular flexibility index (Phi) is 2.31. The largest absolute Gasteiger partial charge is 1.00 e. The molecule has 0 saturated heterocycles. The molecule has 2 aromatic heterocycles. The highest BCUT2D eigenvalue weighted by Crippen LogP contribution is 2.11. The van der Waals surface area contributed by atoms with Crippen molar-refractivity contribution in [1.82, 2.24) is 4.98 Å². The summed E-state index contributed by atoms with van der Waals surface area (Å²) < 4.78 is 0. The van der Waals surface area contributed by atoms with Crippen molar-refractivity contribution in [2.75, 3.05) is 0 Å². The zero-order valence-electron chi connectivity index (χ0n) is 5.49. The van der Waals surface area contributed by atoms with E-state index in [1.165, 1.54) is 0 Å². The van der Waals surface area contributed by atoms with Crippen LogP contribution in [0.15, 0.2) is 18.6 Å². The van der Waals surface area contributed by atoms with Gasteiger partial charge in [-0.2, -0.15) is 0 Å². The van der Waals surface area contributed by atoms with Gasteiger partial charge in [-0.05, 0) is 17.7 Å². The van der Waals surface area contributed by atoms with E-state index < -0.39 is 0 Å². The smallest absolute Gasteiger partial charge is 0.406 e. The van der Waals surface area contributed by atoms with Crippen LogP contribution in [-0.2, 0) is 0 Å². The molecule has 0 aliphatic heterocycles. The summed E-state index contributed by atoms with van der Waals surface area (Å²) in [6.07, 6.45) is 3.52. The van der Waals surface area contributed by atoms with Gasteiger partial charge in [0.25, 0.3) is 10.8 Å². The molecular weight excluding hydrogens is 185 g/mol. The number of halogens is 2. The average Bonchev–Trinajstić information content (AvgIpc) is 2.36. The molecule has 0 amide bonds. The summed E-state index contributed by atoms with van der Waals surface area (Å²) in [7, 11) is 0. The lowest BCUT2D eigenvalue weighted by molar-refractivity contribution is -0.513. The van der Waals surface area contributed by atoms with Crippen molar-refractivity contribution in [2.24, 2.45) is 0 Å². The first kappa shape index (κ1) is 8.30. The fraction of sp³-hybridized carbons (Fsp3) is 0. The van der Waals surface area contributed by atoms with E-state index in [1.807, 2.05) is 12.3 Å². The molecule has 2 aromatic rings. The van der Waals surface area contributed by atoms with Gasteiger partial charge in [0, 0.05) is 6.20 Å². The van der Waals surface area contributed by atoms with E-state index in [0.717, 1.165) is 11.0 Å². The minimum Gasteiger partial charge on any atom is -1.00 e. The molecule has 3 nitrogen and oxygen atoms in total. The fourth-order valence-corrected chi connectivity index (χ4v) is 1.13. The Labute approximate surface area is 74.2 Å². The Morgan fingerprint density at radius 2 is 2.18 bits per heavy atom. The maximum Gasteiger partial charge on any atom is 0.406 e. The predicted molar refractivity (Wildman–Crippen MR) is 36.4 cm³/mol. The number of hydrogen-bond acceptors (Lipinski definition) is 0. The maximum absolute atomic E-state index is 5.80. The summed E-state index contributed by atoms with van der Waals surface area (Å²) in [6.45, 7) is 0. The molecule has 2 rings (SSSR count). The van der Waals surface area contributed by atoms with E-state index in [2.05, 4.69) is 15.0 Å². The highest BCUT2D eigenvalue weighted by atomic mass is 35.5. The van der Waals surface area contributed by atoms with Crippen molar-refractivity contribution in [2.45, 2.75) is 0 Å². The van der Waals surface area contributed by atoms with Gasteiger partial charge in [-0.3, -0.25) is 0 Å². The molecule has 0 fully saturated rings. The zero-order chi connectivity index (χ0) is 6.97. The Morgan fingerprint density at radius 1 is 1.36 bits per heavy atom. The van der Waals surface area contributed by atoms with Gasteiger partial charge in [-0.25, -0.2) is 0 Å². The minimum atomic E-state index is 0. The fourth-order valence-electron chi connectivity index (χ4n) is 0.921. The van der Waals surface area contributed by atoms with Crippen LogP contribution in [0.4, 0.5) is 0 Å². The first-order valence-electron chi connectivity index (χ1n) is 2.93. The monoisotopic (exact) mass is 190 g/mol. The molecule has 58 valence electrons. The van der Waals surface area contributed by atoms with Gasteiger partial charge in [-0.1, -0.05) is 0 Å². The molecule has 0 unspecified atom stereocenters. The van der Waals surface area contributed by atoms with Crippen molar-refractivity contribution in [3.8, 4) is 0 Å². The van der Waals surface area contributed by atoms with Gasteiger partial charge in [0.15, 0.2) is 5.39 Å². The van der Waals surface area contributed by atoms with E-state index in [0.29, 0.717) is 5.15 Å². The van der Waals surface area contributed by atoms with Crippen LogP contribution in [0.3, 0.4) is 0 Å². The van der Waals surface area contributed by atoms with Crippen LogP contribution in [0, 0.1) is 0 Å². The van der Waals surface area contributed by atoms with Crippen molar-refractivity contribution in [3.63, 3.8) is 0 Å². The second-order valence-electron chi connectivity index (χ2n) is 2.01. The highest BCUT2D eigenvalue weighted by Gasteiger charge is 2.09.